The molecule has 0 aliphatic carbocycles. The van der Waals surface area contributed by atoms with Crippen LogP contribution in [0.15, 0.2) is 23.6 Å². The van der Waals surface area contributed by atoms with Crippen LogP contribution >= 0.6 is 11.3 Å². The molecule has 21 heavy (non-hydrogen) atoms. The van der Waals surface area contributed by atoms with Crippen LogP contribution in [-0.4, -0.2) is 30.1 Å². The van der Waals surface area contributed by atoms with Crippen molar-refractivity contribution >= 4 is 11.3 Å². The summed E-state index contributed by atoms with van der Waals surface area (Å²) < 4.78 is 11.2. The van der Waals surface area contributed by atoms with Gasteiger partial charge in [0, 0.05) is 18.5 Å². The number of hydrogen-bond acceptors (Lipinski definition) is 5. The van der Waals surface area contributed by atoms with E-state index in [1.54, 1.807) is 11.3 Å². The van der Waals surface area contributed by atoms with Gasteiger partial charge in [-0.3, -0.25) is 4.90 Å². The lowest BCUT2D eigenvalue weighted by atomic mass is 10.2. The average molecular weight is 304 g/mol. The molecule has 1 aliphatic heterocycles. The van der Waals surface area contributed by atoms with E-state index in [2.05, 4.69) is 41.4 Å². The number of rotatable bonds is 5. The van der Waals surface area contributed by atoms with Gasteiger partial charge in [0.15, 0.2) is 11.5 Å². The smallest absolute Gasteiger partial charge is 0.161 e. The Labute approximate surface area is 129 Å². The summed E-state index contributed by atoms with van der Waals surface area (Å²) in [5, 5.41) is 3.36. The van der Waals surface area contributed by atoms with Gasteiger partial charge in [-0.25, -0.2) is 4.98 Å². The van der Waals surface area contributed by atoms with Crippen molar-refractivity contribution in [1.82, 2.24) is 9.88 Å². The molecule has 0 N–H and O–H groups in total. The molecule has 0 bridgehead atoms. The Morgan fingerprint density at radius 2 is 2.00 bits per heavy atom. The predicted octanol–water partition coefficient (Wildman–Crippen LogP) is 3.11. The summed E-state index contributed by atoms with van der Waals surface area (Å²) in [6, 6.07) is 6.17. The summed E-state index contributed by atoms with van der Waals surface area (Å²) in [6.07, 6.45) is 1.01. The lowest BCUT2D eigenvalue weighted by Crippen LogP contribution is -2.19. The molecule has 5 heteroatoms. The fraction of sp³-hybridized carbons (Fsp3) is 0.438. The third-order valence-electron chi connectivity index (χ3n) is 3.39. The maximum atomic E-state index is 5.63. The van der Waals surface area contributed by atoms with Crippen LogP contribution in [0.1, 0.15) is 23.2 Å². The van der Waals surface area contributed by atoms with E-state index in [1.807, 2.05) is 6.07 Å². The zero-order valence-electron chi connectivity index (χ0n) is 12.5. The lowest BCUT2D eigenvalue weighted by molar-refractivity contribution is 0.171. The summed E-state index contributed by atoms with van der Waals surface area (Å²) in [6.45, 7) is 5.14. The van der Waals surface area contributed by atoms with Crippen molar-refractivity contribution in [2.24, 2.45) is 0 Å². The number of aryl methyl sites for hydroxylation is 1. The maximum Gasteiger partial charge on any atom is 0.161 e. The van der Waals surface area contributed by atoms with Crippen molar-refractivity contribution in [1.29, 1.82) is 0 Å². The van der Waals surface area contributed by atoms with E-state index in [1.165, 1.54) is 10.6 Å². The molecule has 0 amide bonds. The topological polar surface area (TPSA) is 34.6 Å². The standard InChI is InChI=1S/C16H20N2O2S/c1-3-16-17-13(11-21-16)10-18(2)9-12-4-5-14-15(8-12)20-7-6-19-14/h4-5,8,11H,3,6-7,9-10H2,1-2H3. The number of benzene rings is 1. The molecule has 0 radical (unpaired) electrons. The second-order valence-electron chi connectivity index (χ2n) is 5.24. The summed E-state index contributed by atoms with van der Waals surface area (Å²) in [5.41, 5.74) is 2.38. The monoisotopic (exact) mass is 304 g/mol. The first-order chi connectivity index (χ1) is 10.2. The van der Waals surface area contributed by atoms with E-state index in [0.717, 1.165) is 36.7 Å². The Bertz CT molecular complexity index is 612. The van der Waals surface area contributed by atoms with Crippen LogP contribution in [0.25, 0.3) is 0 Å². The average Bonchev–Trinajstić information content (AvgIpc) is 2.94. The van der Waals surface area contributed by atoms with Gasteiger partial charge in [0.1, 0.15) is 13.2 Å². The Morgan fingerprint density at radius 3 is 2.76 bits per heavy atom. The molecule has 4 nitrogen and oxygen atoms in total. The minimum Gasteiger partial charge on any atom is -0.486 e. The van der Waals surface area contributed by atoms with Gasteiger partial charge in [0.25, 0.3) is 0 Å². The first-order valence-corrected chi connectivity index (χ1v) is 8.13. The molecule has 0 atom stereocenters. The fourth-order valence-electron chi connectivity index (χ4n) is 2.41. The SMILES string of the molecule is CCc1nc(CN(C)Cc2ccc3c(c2)OCCO3)cs1. The van der Waals surface area contributed by atoms with Crippen LogP contribution in [0.3, 0.4) is 0 Å². The van der Waals surface area contributed by atoms with Crippen LogP contribution < -0.4 is 9.47 Å². The third-order valence-corrected chi connectivity index (χ3v) is 4.43. The van der Waals surface area contributed by atoms with E-state index in [0.29, 0.717) is 13.2 Å². The minimum atomic E-state index is 0.630. The number of fused-ring (bicyclic) bond motifs is 1. The van der Waals surface area contributed by atoms with Crippen LogP contribution in [0, 0.1) is 0 Å². The highest BCUT2D eigenvalue weighted by Crippen LogP contribution is 2.31. The molecular weight excluding hydrogens is 284 g/mol. The third kappa shape index (κ3) is 3.54. The van der Waals surface area contributed by atoms with E-state index in [4.69, 9.17) is 9.47 Å². The summed E-state index contributed by atoms with van der Waals surface area (Å²) >= 11 is 1.74. The normalized spacial score (nSPS) is 13.7. The number of hydrogen-bond donors (Lipinski definition) is 0. The molecule has 0 saturated carbocycles. The van der Waals surface area contributed by atoms with Crippen molar-refractivity contribution in [3.8, 4) is 11.5 Å². The molecular formula is C16H20N2O2S. The molecule has 0 unspecified atom stereocenters. The summed E-state index contributed by atoms with van der Waals surface area (Å²) in [4.78, 5) is 6.88. The zero-order chi connectivity index (χ0) is 14.7. The van der Waals surface area contributed by atoms with Gasteiger partial charge in [0.2, 0.25) is 0 Å². The molecule has 112 valence electrons. The second-order valence-corrected chi connectivity index (χ2v) is 6.18. The van der Waals surface area contributed by atoms with Crippen LogP contribution in [0.2, 0.25) is 0 Å². The van der Waals surface area contributed by atoms with Crippen molar-refractivity contribution in [3.63, 3.8) is 0 Å². The molecule has 2 heterocycles. The maximum absolute atomic E-state index is 5.63. The fourth-order valence-corrected chi connectivity index (χ4v) is 3.15. The van der Waals surface area contributed by atoms with Gasteiger partial charge in [-0.1, -0.05) is 13.0 Å². The highest BCUT2D eigenvalue weighted by atomic mass is 32.1. The van der Waals surface area contributed by atoms with E-state index in [-0.39, 0.29) is 0 Å². The largest absolute Gasteiger partial charge is 0.486 e. The molecule has 0 saturated heterocycles. The second kappa shape index (κ2) is 6.45. The highest BCUT2D eigenvalue weighted by molar-refractivity contribution is 7.09. The number of thiazole rings is 1. The Balaban J connectivity index is 1.62. The number of aromatic nitrogens is 1. The summed E-state index contributed by atoms with van der Waals surface area (Å²) in [7, 11) is 2.11. The summed E-state index contributed by atoms with van der Waals surface area (Å²) in [5.74, 6) is 1.70. The highest BCUT2D eigenvalue weighted by Gasteiger charge is 2.12. The molecule has 2 aromatic rings. The van der Waals surface area contributed by atoms with E-state index < -0.39 is 0 Å². The Kier molecular flexibility index (Phi) is 4.41. The van der Waals surface area contributed by atoms with Gasteiger partial charge < -0.3 is 9.47 Å². The minimum absolute atomic E-state index is 0.630. The molecule has 1 aromatic carbocycles. The van der Waals surface area contributed by atoms with Gasteiger partial charge in [0.05, 0.1) is 10.7 Å². The molecule has 0 spiro atoms. The van der Waals surface area contributed by atoms with Crippen molar-refractivity contribution in [3.05, 3.63) is 39.8 Å². The quantitative estimate of drug-likeness (QED) is 0.850. The number of nitrogens with zero attached hydrogens (tertiary/aromatic N) is 2. The zero-order valence-corrected chi connectivity index (χ0v) is 13.3. The lowest BCUT2D eigenvalue weighted by Gasteiger charge is -2.20. The van der Waals surface area contributed by atoms with Gasteiger partial charge in [-0.15, -0.1) is 11.3 Å². The predicted molar refractivity (Wildman–Crippen MR) is 84.1 cm³/mol. The van der Waals surface area contributed by atoms with Gasteiger partial charge >= 0.3 is 0 Å². The van der Waals surface area contributed by atoms with Crippen molar-refractivity contribution < 1.29 is 9.47 Å². The molecule has 3 rings (SSSR count). The van der Waals surface area contributed by atoms with Crippen LogP contribution in [0.5, 0.6) is 11.5 Å². The molecule has 1 aromatic heterocycles. The van der Waals surface area contributed by atoms with Gasteiger partial charge in [-0.2, -0.15) is 0 Å². The first-order valence-electron chi connectivity index (χ1n) is 7.25. The van der Waals surface area contributed by atoms with E-state index >= 15 is 0 Å². The first kappa shape index (κ1) is 14.4. The van der Waals surface area contributed by atoms with Crippen molar-refractivity contribution in [2.75, 3.05) is 20.3 Å². The molecule has 0 fully saturated rings. The number of ether oxygens (including phenoxy) is 2. The van der Waals surface area contributed by atoms with Crippen molar-refractivity contribution in [2.45, 2.75) is 26.4 Å². The van der Waals surface area contributed by atoms with E-state index in [9.17, 15) is 0 Å². The van der Waals surface area contributed by atoms with Gasteiger partial charge in [-0.05, 0) is 31.2 Å². The Hall–Kier alpha value is -1.59. The Morgan fingerprint density at radius 1 is 1.19 bits per heavy atom. The van der Waals surface area contributed by atoms with Crippen LogP contribution in [0.4, 0.5) is 0 Å². The van der Waals surface area contributed by atoms with Crippen LogP contribution in [-0.2, 0) is 19.5 Å². The molecule has 1 aliphatic rings.